The van der Waals surface area contributed by atoms with Gasteiger partial charge in [0.15, 0.2) is 12.0 Å². The maximum atomic E-state index is 6.35. The third kappa shape index (κ3) is 2.84. The number of ether oxygens (including phenoxy) is 2. The Labute approximate surface area is 168 Å². The molecule has 2 atom stereocenters. The van der Waals surface area contributed by atoms with Crippen LogP contribution < -0.4 is 14.9 Å². The molecule has 0 amide bonds. The minimum Gasteiger partial charge on any atom is -0.497 e. The highest BCUT2D eigenvalue weighted by molar-refractivity contribution is 6.30. The number of furan rings is 1. The summed E-state index contributed by atoms with van der Waals surface area (Å²) in [6.45, 7) is 1.94. The molecule has 0 bridgehead atoms. The highest BCUT2D eigenvalue weighted by Crippen LogP contribution is 2.46. The zero-order chi connectivity index (χ0) is 19.3. The second kappa shape index (κ2) is 6.62. The van der Waals surface area contributed by atoms with Crippen LogP contribution in [-0.2, 0) is 0 Å². The smallest absolute Gasteiger partial charge is 0.195 e. The number of halogens is 1. The van der Waals surface area contributed by atoms with Crippen LogP contribution in [0.3, 0.4) is 0 Å². The van der Waals surface area contributed by atoms with Gasteiger partial charge in [-0.1, -0.05) is 23.7 Å². The number of hydrogen-bond donors (Lipinski definition) is 1. The summed E-state index contributed by atoms with van der Waals surface area (Å²) in [5.41, 5.74) is 6.41. The second-order valence-corrected chi connectivity index (χ2v) is 7.32. The van der Waals surface area contributed by atoms with Gasteiger partial charge in [-0.05, 0) is 55.5 Å². The molecule has 2 aliphatic heterocycles. The Morgan fingerprint density at radius 2 is 1.89 bits per heavy atom. The van der Waals surface area contributed by atoms with E-state index >= 15 is 0 Å². The second-order valence-electron chi connectivity index (χ2n) is 6.88. The van der Waals surface area contributed by atoms with Gasteiger partial charge in [-0.3, -0.25) is 0 Å². The van der Waals surface area contributed by atoms with Gasteiger partial charge in [0, 0.05) is 16.1 Å². The topological polar surface area (TPSA) is 46.9 Å². The molecule has 2 aliphatic rings. The van der Waals surface area contributed by atoms with Crippen LogP contribution in [0.25, 0.3) is 5.70 Å². The Bertz CT molecular complexity index is 1060. The minimum atomic E-state index is -0.311. The molecule has 6 heteroatoms. The number of methoxy groups -OCH3 is 1. The van der Waals surface area contributed by atoms with Gasteiger partial charge >= 0.3 is 0 Å². The van der Waals surface area contributed by atoms with E-state index in [0.29, 0.717) is 5.02 Å². The molecule has 0 saturated heterocycles. The molecule has 5 rings (SSSR count). The molecular weight excluding hydrogens is 376 g/mol. The van der Waals surface area contributed by atoms with Gasteiger partial charge in [-0.25, -0.2) is 0 Å². The van der Waals surface area contributed by atoms with E-state index in [9.17, 15) is 0 Å². The number of aryl methyl sites for hydroxylation is 1. The standard InChI is InChI=1S/C22H19ClN2O3/c1-13-3-9-21(27-13)18-12-19-17-11-15(23)6-10-20(17)28-22(25(19)24-18)14-4-7-16(26-2)8-5-14/h3-12,19,22,24H,1-2H3. The molecule has 3 aromatic rings. The highest BCUT2D eigenvalue weighted by atomic mass is 35.5. The van der Waals surface area contributed by atoms with Gasteiger partial charge in [-0.15, -0.1) is 0 Å². The van der Waals surface area contributed by atoms with E-state index in [1.54, 1.807) is 7.11 Å². The van der Waals surface area contributed by atoms with Crippen LogP contribution in [-0.4, -0.2) is 12.1 Å². The Morgan fingerprint density at radius 3 is 2.61 bits per heavy atom. The van der Waals surface area contributed by atoms with Crippen LogP contribution in [0.1, 0.15) is 34.9 Å². The Kier molecular flexibility index (Phi) is 4.07. The molecule has 0 spiro atoms. The normalized spacial score (nSPS) is 20.6. The van der Waals surface area contributed by atoms with Gasteiger partial charge < -0.3 is 19.3 Å². The van der Waals surface area contributed by atoms with E-state index < -0.39 is 0 Å². The molecule has 2 unspecified atom stereocenters. The van der Waals surface area contributed by atoms with Crippen LogP contribution in [0.15, 0.2) is 65.1 Å². The van der Waals surface area contributed by atoms with E-state index in [-0.39, 0.29) is 12.3 Å². The van der Waals surface area contributed by atoms with Gasteiger partial charge in [0.2, 0.25) is 0 Å². The van der Waals surface area contributed by atoms with Crippen molar-refractivity contribution in [2.24, 2.45) is 0 Å². The number of hydrazine groups is 1. The molecule has 0 fully saturated rings. The Hall–Kier alpha value is -2.89. The molecule has 3 heterocycles. The summed E-state index contributed by atoms with van der Waals surface area (Å²) in [6, 6.07) is 17.5. The third-order valence-electron chi connectivity index (χ3n) is 5.06. The fourth-order valence-electron chi connectivity index (χ4n) is 3.68. The molecule has 0 radical (unpaired) electrons. The van der Waals surface area contributed by atoms with Crippen molar-refractivity contribution in [3.05, 3.63) is 88.3 Å². The van der Waals surface area contributed by atoms with E-state index in [2.05, 4.69) is 16.5 Å². The van der Waals surface area contributed by atoms with Crippen molar-refractivity contribution < 1.29 is 13.9 Å². The van der Waals surface area contributed by atoms with Crippen molar-refractivity contribution in [1.29, 1.82) is 0 Å². The van der Waals surface area contributed by atoms with E-state index in [1.165, 1.54) is 0 Å². The minimum absolute atomic E-state index is 0.0324. The SMILES string of the molecule is COc1ccc(C2Oc3ccc(Cl)cc3C3C=C(c4ccc(C)o4)NN32)cc1. The first-order chi connectivity index (χ1) is 13.6. The maximum Gasteiger partial charge on any atom is 0.195 e. The van der Waals surface area contributed by atoms with Crippen LogP contribution in [0.4, 0.5) is 0 Å². The van der Waals surface area contributed by atoms with Crippen molar-refractivity contribution in [3.63, 3.8) is 0 Å². The molecule has 1 N–H and O–H groups in total. The van der Waals surface area contributed by atoms with Crippen molar-refractivity contribution in [3.8, 4) is 11.5 Å². The van der Waals surface area contributed by atoms with Crippen LogP contribution in [0, 0.1) is 6.92 Å². The van der Waals surface area contributed by atoms with Crippen LogP contribution in [0.5, 0.6) is 11.5 Å². The van der Waals surface area contributed by atoms with Crippen molar-refractivity contribution in [2.75, 3.05) is 7.11 Å². The summed E-state index contributed by atoms with van der Waals surface area (Å²) in [7, 11) is 1.66. The summed E-state index contributed by atoms with van der Waals surface area (Å²) in [6.07, 6.45) is 1.83. The molecule has 2 aromatic carbocycles. The molecule has 5 nitrogen and oxygen atoms in total. The van der Waals surface area contributed by atoms with Crippen LogP contribution >= 0.6 is 11.6 Å². The monoisotopic (exact) mass is 394 g/mol. The number of nitrogens with zero attached hydrogens (tertiary/aromatic N) is 1. The average molecular weight is 395 g/mol. The van der Waals surface area contributed by atoms with Crippen molar-refractivity contribution >= 4 is 17.3 Å². The summed E-state index contributed by atoms with van der Waals surface area (Å²) in [5.74, 6) is 3.29. The lowest BCUT2D eigenvalue weighted by atomic mass is 10.0. The first-order valence-corrected chi connectivity index (χ1v) is 9.44. The lowest BCUT2D eigenvalue weighted by Crippen LogP contribution is -2.43. The summed E-state index contributed by atoms with van der Waals surface area (Å²) >= 11 is 6.26. The lowest BCUT2D eigenvalue weighted by molar-refractivity contribution is -0.0328. The highest BCUT2D eigenvalue weighted by Gasteiger charge is 2.40. The largest absolute Gasteiger partial charge is 0.497 e. The predicted octanol–water partition coefficient (Wildman–Crippen LogP) is 5.24. The first-order valence-electron chi connectivity index (χ1n) is 9.06. The summed E-state index contributed by atoms with van der Waals surface area (Å²) in [5, 5.41) is 2.76. The third-order valence-corrected chi connectivity index (χ3v) is 5.30. The Morgan fingerprint density at radius 1 is 1.07 bits per heavy atom. The van der Waals surface area contributed by atoms with E-state index in [0.717, 1.165) is 39.8 Å². The molecule has 0 saturated carbocycles. The van der Waals surface area contributed by atoms with E-state index in [1.807, 2.05) is 61.5 Å². The van der Waals surface area contributed by atoms with Gasteiger partial charge in [0.25, 0.3) is 0 Å². The quantitative estimate of drug-likeness (QED) is 0.658. The van der Waals surface area contributed by atoms with Gasteiger partial charge in [0.05, 0.1) is 18.8 Å². The lowest BCUT2D eigenvalue weighted by Gasteiger charge is -2.39. The zero-order valence-electron chi connectivity index (χ0n) is 15.5. The molecule has 0 aliphatic carbocycles. The fraction of sp³-hybridized carbons (Fsp3) is 0.182. The molecular formula is C22H19ClN2O3. The molecule has 28 heavy (non-hydrogen) atoms. The maximum absolute atomic E-state index is 6.35. The summed E-state index contributed by atoms with van der Waals surface area (Å²) < 4.78 is 17.4. The average Bonchev–Trinajstić information content (AvgIpc) is 3.34. The number of benzene rings is 2. The number of hydrogen-bond acceptors (Lipinski definition) is 5. The number of rotatable bonds is 3. The predicted molar refractivity (Wildman–Crippen MR) is 107 cm³/mol. The van der Waals surface area contributed by atoms with E-state index in [4.69, 9.17) is 25.5 Å². The van der Waals surface area contributed by atoms with Crippen molar-refractivity contribution in [2.45, 2.75) is 19.2 Å². The number of nitrogens with one attached hydrogen (secondary N) is 1. The zero-order valence-corrected chi connectivity index (χ0v) is 16.2. The van der Waals surface area contributed by atoms with Crippen molar-refractivity contribution in [1.82, 2.24) is 10.4 Å². The fourth-order valence-corrected chi connectivity index (χ4v) is 3.86. The van der Waals surface area contributed by atoms with Gasteiger partial charge in [-0.2, -0.15) is 5.01 Å². The number of fused-ring (bicyclic) bond motifs is 3. The summed E-state index contributed by atoms with van der Waals surface area (Å²) in [4.78, 5) is 0. The van der Waals surface area contributed by atoms with Gasteiger partial charge in [0.1, 0.15) is 17.3 Å². The first kappa shape index (κ1) is 17.2. The molecule has 142 valence electrons. The van der Waals surface area contributed by atoms with Crippen LogP contribution in [0.2, 0.25) is 5.02 Å². The Balaban J connectivity index is 1.57. The molecule has 1 aromatic heterocycles.